The van der Waals surface area contributed by atoms with Crippen LogP contribution in [-0.4, -0.2) is 30.1 Å². The maximum absolute atomic E-state index is 4.67. The number of nitrogens with one attached hydrogen (secondary N) is 2. The molecule has 0 spiro atoms. The van der Waals surface area contributed by atoms with Crippen molar-refractivity contribution in [3.63, 3.8) is 0 Å². The minimum absolute atomic E-state index is 0.694. The van der Waals surface area contributed by atoms with Crippen LogP contribution in [0.15, 0.2) is 80.0 Å². The lowest BCUT2D eigenvalue weighted by Crippen LogP contribution is -2.09. The van der Waals surface area contributed by atoms with Gasteiger partial charge in [-0.3, -0.25) is 15.1 Å². The molecule has 0 amide bonds. The van der Waals surface area contributed by atoms with Crippen LogP contribution in [0.25, 0.3) is 39.1 Å². The Morgan fingerprint density at radius 1 is 1.00 bits per heavy atom. The molecule has 1 fully saturated rings. The number of rotatable bonds is 7. The standard InChI is InChI=1S/C32H32N6/c1-3-7-27(24-10-12-33-13-11-24)28-17-30(36-21(28)2)31-29-16-26(20-35-32(29)38-37-31)25-15-23(18-34-19-25)14-22-8-5-4-6-9-22/h3,7,10-13,15-20,22,36H,1,4-6,8-9,14H2,2H3,(H,35,37,38)/b27-7-. The summed E-state index contributed by atoms with van der Waals surface area (Å²) in [4.78, 5) is 17.0. The van der Waals surface area contributed by atoms with Crippen LogP contribution in [0.1, 0.15) is 54.5 Å². The van der Waals surface area contributed by atoms with Crippen molar-refractivity contribution < 1.29 is 0 Å². The third-order valence-electron chi connectivity index (χ3n) is 7.64. The first-order valence-corrected chi connectivity index (χ1v) is 13.4. The van der Waals surface area contributed by atoms with Gasteiger partial charge in [0.25, 0.3) is 0 Å². The molecule has 2 N–H and O–H groups in total. The fourth-order valence-electron chi connectivity index (χ4n) is 5.71. The zero-order valence-corrected chi connectivity index (χ0v) is 21.7. The first kappa shape index (κ1) is 24.0. The van der Waals surface area contributed by atoms with E-state index in [2.05, 4.69) is 61.8 Å². The van der Waals surface area contributed by atoms with Gasteiger partial charge < -0.3 is 4.98 Å². The highest BCUT2D eigenvalue weighted by molar-refractivity contribution is 5.94. The van der Waals surface area contributed by atoms with E-state index in [1.165, 1.54) is 37.7 Å². The Morgan fingerprint density at radius 3 is 2.63 bits per heavy atom. The highest BCUT2D eigenvalue weighted by Crippen LogP contribution is 2.34. The second-order valence-electron chi connectivity index (χ2n) is 10.3. The van der Waals surface area contributed by atoms with Gasteiger partial charge in [0.1, 0.15) is 0 Å². The van der Waals surface area contributed by atoms with E-state index in [0.717, 1.165) is 62.6 Å². The lowest BCUT2D eigenvalue weighted by molar-refractivity contribution is 0.356. The number of H-pyrrole nitrogens is 2. The van der Waals surface area contributed by atoms with Crippen LogP contribution in [0.5, 0.6) is 0 Å². The number of aromatic amines is 2. The van der Waals surface area contributed by atoms with E-state index in [0.29, 0.717) is 5.65 Å². The molecule has 1 aliphatic carbocycles. The van der Waals surface area contributed by atoms with Gasteiger partial charge in [0, 0.05) is 58.8 Å². The first-order valence-electron chi connectivity index (χ1n) is 13.4. The van der Waals surface area contributed by atoms with Gasteiger partial charge in [0.15, 0.2) is 5.65 Å². The number of hydrogen-bond acceptors (Lipinski definition) is 4. The number of aryl methyl sites for hydroxylation is 1. The van der Waals surface area contributed by atoms with Crippen molar-refractivity contribution in [3.8, 4) is 22.5 Å². The molecule has 0 atom stereocenters. The van der Waals surface area contributed by atoms with Crippen LogP contribution in [0.3, 0.4) is 0 Å². The van der Waals surface area contributed by atoms with E-state index in [4.69, 9.17) is 0 Å². The van der Waals surface area contributed by atoms with Gasteiger partial charge in [-0.05, 0) is 66.3 Å². The summed E-state index contributed by atoms with van der Waals surface area (Å²) in [5.41, 5.74) is 10.4. The maximum atomic E-state index is 4.67. The normalized spacial score (nSPS) is 14.7. The summed E-state index contributed by atoms with van der Waals surface area (Å²) in [5, 5.41) is 8.69. The van der Waals surface area contributed by atoms with Gasteiger partial charge in [-0.15, -0.1) is 0 Å². The highest BCUT2D eigenvalue weighted by atomic mass is 15.2. The largest absolute Gasteiger partial charge is 0.357 e. The molecule has 0 unspecified atom stereocenters. The fraction of sp³-hybridized carbons (Fsp3) is 0.250. The van der Waals surface area contributed by atoms with E-state index in [9.17, 15) is 0 Å². The Bertz CT molecular complexity index is 1600. The predicted molar refractivity (Wildman–Crippen MR) is 153 cm³/mol. The SMILES string of the molecule is C=C/C=C(/c1ccncc1)c1cc(-c2[nH]nc3ncc(-c4cncc(CC5CCCCC5)c4)cc23)[nH]c1C. The van der Waals surface area contributed by atoms with Gasteiger partial charge in [0.2, 0.25) is 0 Å². The molecule has 6 rings (SSSR count). The van der Waals surface area contributed by atoms with Gasteiger partial charge in [-0.2, -0.15) is 5.10 Å². The molecular weight excluding hydrogens is 468 g/mol. The number of nitrogens with zero attached hydrogens (tertiary/aromatic N) is 4. The number of aromatic nitrogens is 6. The second kappa shape index (κ2) is 10.6. The Hall–Kier alpha value is -4.32. The topological polar surface area (TPSA) is 83.1 Å². The molecule has 0 radical (unpaired) electrons. The second-order valence-corrected chi connectivity index (χ2v) is 10.3. The van der Waals surface area contributed by atoms with Gasteiger partial charge >= 0.3 is 0 Å². The van der Waals surface area contributed by atoms with E-state index in [1.54, 1.807) is 0 Å². The monoisotopic (exact) mass is 500 g/mol. The van der Waals surface area contributed by atoms with E-state index in [1.807, 2.05) is 55.3 Å². The molecule has 6 heteroatoms. The fourth-order valence-corrected chi connectivity index (χ4v) is 5.71. The number of fused-ring (bicyclic) bond motifs is 1. The van der Waals surface area contributed by atoms with Crippen molar-refractivity contribution in [2.75, 3.05) is 0 Å². The number of allylic oxidation sites excluding steroid dienone is 2. The molecule has 0 aromatic carbocycles. The van der Waals surface area contributed by atoms with Crippen LogP contribution >= 0.6 is 0 Å². The molecule has 1 saturated carbocycles. The lowest BCUT2D eigenvalue weighted by atomic mass is 9.85. The minimum Gasteiger partial charge on any atom is -0.357 e. The van der Waals surface area contributed by atoms with Crippen molar-refractivity contribution >= 4 is 16.6 Å². The van der Waals surface area contributed by atoms with Crippen molar-refractivity contribution in [2.45, 2.75) is 45.4 Å². The molecule has 5 aromatic rings. The summed E-state index contributed by atoms with van der Waals surface area (Å²) in [6, 6.07) is 10.6. The summed E-state index contributed by atoms with van der Waals surface area (Å²) >= 11 is 0. The van der Waals surface area contributed by atoms with Crippen LogP contribution in [0.4, 0.5) is 0 Å². The van der Waals surface area contributed by atoms with Crippen molar-refractivity contribution in [1.82, 2.24) is 30.1 Å². The first-order chi connectivity index (χ1) is 18.7. The van der Waals surface area contributed by atoms with Gasteiger partial charge in [-0.25, -0.2) is 4.98 Å². The molecule has 5 aromatic heterocycles. The molecule has 0 bridgehead atoms. The Kier molecular flexibility index (Phi) is 6.69. The Morgan fingerprint density at radius 2 is 1.82 bits per heavy atom. The third-order valence-corrected chi connectivity index (χ3v) is 7.64. The summed E-state index contributed by atoms with van der Waals surface area (Å²) < 4.78 is 0. The molecule has 38 heavy (non-hydrogen) atoms. The summed E-state index contributed by atoms with van der Waals surface area (Å²) in [6.07, 6.45) is 21.2. The number of pyridine rings is 3. The Balaban J connectivity index is 1.34. The third kappa shape index (κ3) is 4.82. The van der Waals surface area contributed by atoms with Gasteiger partial charge in [-0.1, -0.05) is 50.8 Å². The molecule has 0 aliphatic heterocycles. The van der Waals surface area contributed by atoms with Crippen LogP contribution in [-0.2, 0) is 6.42 Å². The average Bonchev–Trinajstić information content (AvgIpc) is 3.55. The van der Waals surface area contributed by atoms with Crippen molar-refractivity contribution in [2.24, 2.45) is 5.92 Å². The zero-order valence-electron chi connectivity index (χ0n) is 21.7. The van der Waals surface area contributed by atoms with Crippen molar-refractivity contribution in [3.05, 3.63) is 102 Å². The minimum atomic E-state index is 0.694. The molecular formula is C32H32N6. The van der Waals surface area contributed by atoms with Crippen molar-refractivity contribution in [1.29, 1.82) is 0 Å². The molecule has 0 saturated heterocycles. The summed E-state index contributed by atoms with van der Waals surface area (Å²) in [7, 11) is 0. The van der Waals surface area contributed by atoms with E-state index >= 15 is 0 Å². The number of hydrogen-bond donors (Lipinski definition) is 2. The summed E-state index contributed by atoms with van der Waals surface area (Å²) in [6.45, 7) is 6.01. The molecule has 190 valence electrons. The summed E-state index contributed by atoms with van der Waals surface area (Å²) in [5.74, 6) is 0.777. The molecule has 1 aliphatic rings. The van der Waals surface area contributed by atoms with Gasteiger partial charge in [0.05, 0.1) is 11.4 Å². The molecule has 5 heterocycles. The smallest absolute Gasteiger partial charge is 0.181 e. The van der Waals surface area contributed by atoms with Crippen LogP contribution < -0.4 is 0 Å². The maximum Gasteiger partial charge on any atom is 0.181 e. The highest BCUT2D eigenvalue weighted by Gasteiger charge is 2.18. The van der Waals surface area contributed by atoms with Crippen LogP contribution in [0.2, 0.25) is 0 Å². The molecule has 6 nitrogen and oxygen atoms in total. The average molecular weight is 501 g/mol. The van der Waals surface area contributed by atoms with E-state index in [-0.39, 0.29) is 0 Å². The zero-order chi connectivity index (χ0) is 25.9. The Labute approximate surface area is 223 Å². The quantitative estimate of drug-likeness (QED) is 0.227. The van der Waals surface area contributed by atoms with E-state index < -0.39 is 0 Å². The van der Waals surface area contributed by atoms with Crippen LogP contribution in [0, 0.1) is 12.8 Å². The predicted octanol–water partition coefficient (Wildman–Crippen LogP) is 7.46. The lowest BCUT2D eigenvalue weighted by Gasteiger charge is -2.21.